The second kappa shape index (κ2) is 5.05. The van der Waals surface area contributed by atoms with Crippen molar-refractivity contribution in [2.75, 3.05) is 13.2 Å². The number of hydrogen-bond acceptors (Lipinski definition) is 3. The third-order valence-corrected chi connectivity index (χ3v) is 6.03. The topological polar surface area (TPSA) is 51.2 Å². The summed E-state index contributed by atoms with van der Waals surface area (Å²) in [7, 11) is 0. The average Bonchev–Trinajstić information content (AvgIpc) is 3.08. The molecule has 4 heteroatoms. The third kappa shape index (κ3) is 2.16. The zero-order valence-electron chi connectivity index (χ0n) is 13.2. The maximum atomic E-state index is 12.2. The first-order chi connectivity index (χ1) is 10.6. The van der Waals surface area contributed by atoms with Crippen LogP contribution in [0.3, 0.4) is 0 Å². The lowest BCUT2D eigenvalue weighted by Crippen LogP contribution is -2.50. The predicted molar refractivity (Wildman–Crippen MR) is 83.4 cm³/mol. The van der Waals surface area contributed by atoms with E-state index in [0.29, 0.717) is 12.3 Å². The first-order valence-corrected chi connectivity index (χ1v) is 8.45. The van der Waals surface area contributed by atoms with Crippen molar-refractivity contribution in [2.45, 2.75) is 51.0 Å². The molecule has 1 spiro atoms. The van der Waals surface area contributed by atoms with E-state index in [1.54, 1.807) is 0 Å². The smallest absolute Gasteiger partial charge is 0.220 e. The van der Waals surface area contributed by atoms with Gasteiger partial charge in [0.2, 0.25) is 5.91 Å². The minimum atomic E-state index is 0.116. The lowest BCUT2D eigenvalue weighted by molar-refractivity contribution is -0.125. The molecule has 3 fully saturated rings. The van der Waals surface area contributed by atoms with E-state index in [9.17, 15) is 4.79 Å². The van der Waals surface area contributed by atoms with E-state index in [1.165, 1.54) is 25.7 Å². The van der Waals surface area contributed by atoms with Crippen LogP contribution in [0.2, 0.25) is 0 Å². The van der Waals surface area contributed by atoms with E-state index < -0.39 is 0 Å². The van der Waals surface area contributed by atoms with Gasteiger partial charge < -0.3 is 10.1 Å². The summed E-state index contributed by atoms with van der Waals surface area (Å²) in [6.07, 6.45) is 9.90. The molecule has 2 aliphatic carbocycles. The van der Waals surface area contributed by atoms with E-state index in [1.807, 2.05) is 19.3 Å². The standard InChI is InChI=1S/C18H24N2O2/c1-13-7-14(10-19-9-13)3-4-16(21)20-12-17-8-15(17)11-22-18(17)5-2-6-18/h7,9-10,15H,2-6,8,11-12H2,1H3,(H,20,21)/t15-,17+/m0/s1. The molecule has 1 amide bonds. The third-order valence-electron chi connectivity index (χ3n) is 6.03. The van der Waals surface area contributed by atoms with Gasteiger partial charge in [0.15, 0.2) is 0 Å². The van der Waals surface area contributed by atoms with Crippen molar-refractivity contribution in [3.8, 4) is 0 Å². The maximum Gasteiger partial charge on any atom is 0.220 e. The van der Waals surface area contributed by atoms with Gasteiger partial charge in [0.25, 0.3) is 0 Å². The Morgan fingerprint density at radius 3 is 3.00 bits per heavy atom. The molecule has 0 bridgehead atoms. The summed E-state index contributed by atoms with van der Waals surface area (Å²) in [6, 6.07) is 2.10. The van der Waals surface area contributed by atoms with Crippen molar-refractivity contribution in [1.29, 1.82) is 0 Å². The van der Waals surface area contributed by atoms with Gasteiger partial charge in [0.1, 0.15) is 0 Å². The van der Waals surface area contributed by atoms with E-state index in [4.69, 9.17) is 4.74 Å². The Hall–Kier alpha value is -1.42. The van der Waals surface area contributed by atoms with Gasteiger partial charge in [-0.3, -0.25) is 9.78 Å². The predicted octanol–water partition coefficient (Wildman–Crippen LogP) is 2.40. The van der Waals surface area contributed by atoms with Gasteiger partial charge in [-0.15, -0.1) is 0 Å². The largest absolute Gasteiger partial charge is 0.374 e. The highest BCUT2D eigenvalue weighted by molar-refractivity contribution is 5.76. The van der Waals surface area contributed by atoms with Crippen LogP contribution < -0.4 is 5.32 Å². The molecule has 1 aliphatic heterocycles. The normalized spacial score (nSPS) is 30.7. The summed E-state index contributed by atoms with van der Waals surface area (Å²) in [5.74, 6) is 0.844. The summed E-state index contributed by atoms with van der Waals surface area (Å²) >= 11 is 0. The summed E-state index contributed by atoms with van der Waals surface area (Å²) in [6.45, 7) is 3.74. The van der Waals surface area contributed by atoms with Crippen molar-refractivity contribution >= 4 is 5.91 Å². The van der Waals surface area contributed by atoms with Gasteiger partial charge in [-0.1, -0.05) is 6.07 Å². The Morgan fingerprint density at radius 2 is 2.32 bits per heavy atom. The number of carbonyl (C=O) groups is 1. The summed E-state index contributed by atoms with van der Waals surface area (Å²) in [5.41, 5.74) is 2.67. The lowest BCUT2D eigenvalue weighted by Gasteiger charge is -2.45. The van der Waals surface area contributed by atoms with Crippen molar-refractivity contribution < 1.29 is 9.53 Å². The fraction of sp³-hybridized carbons (Fsp3) is 0.667. The molecule has 2 atom stereocenters. The fourth-order valence-electron chi connectivity index (χ4n) is 4.44. The van der Waals surface area contributed by atoms with Crippen LogP contribution in [0, 0.1) is 18.3 Å². The second-order valence-corrected chi connectivity index (χ2v) is 7.36. The number of nitrogens with zero attached hydrogens (tertiary/aromatic N) is 1. The number of rotatable bonds is 5. The number of aryl methyl sites for hydroxylation is 2. The maximum absolute atomic E-state index is 12.2. The number of hydrogen-bond donors (Lipinski definition) is 1. The SMILES string of the molecule is Cc1cncc(CCC(=O)NC[C@]23C[C@H]2COC32CCC2)c1. The van der Waals surface area contributed by atoms with Crippen molar-refractivity contribution in [2.24, 2.45) is 11.3 Å². The van der Waals surface area contributed by atoms with Crippen LogP contribution in [0.1, 0.15) is 43.2 Å². The molecule has 1 aromatic heterocycles. The van der Waals surface area contributed by atoms with Crippen LogP contribution in [0.5, 0.6) is 0 Å². The summed E-state index contributed by atoms with van der Waals surface area (Å²) in [4.78, 5) is 16.3. The summed E-state index contributed by atoms with van der Waals surface area (Å²) < 4.78 is 6.06. The minimum Gasteiger partial charge on any atom is -0.374 e. The second-order valence-electron chi connectivity index (χ2n) is 7.36. The van der Waals surface area contributed by atoms with Crippen molar-refractivity contribution in [3.05, 3.63) is 29.6 Å². The number of carbonyl (C=O) groups excluding carboxylic acids is 1. The zero-order valence-corrected chi connectivity index (χ0v) is 13.2. The first kappa shape index (κ1) is 14.2. The fourth-order valence-corrected chi connectivity index (χ4v) is 4.44. The molecular formula is C18H24N2O2. The Bertz CT molecular complexity index is 597. The highest BCUT2D eigenvalue weighted by atomic mass is 16.5. The van der Waals surface area contributed by atoms with E-state index in [-0.39, 0.29) is 16.9 Å². The van der Waals surface area contributed by atoms with Crippen LogP contribution in [0.25, 0.3) is 0 Å². The van der Waals surface area contributed by atoms with Crippen molar-refractivity contribution in [3.63, 3.8) is 0 Å². The molecule has 0 aromatic carbocycles. The molecule has 4 nitrogen and oxygen atoms in total. The van der Waals surface area contributed by atoms with E-state index in [0.717, 1.165) is 30.7 Å². The lowest BCUT2D eigenvalue weighted by atomic mass is 9.68. The highest BCUT2D eigenvalue weighted by Crippen LogP contribution is 2.70. The number of pyridine rings is 1. The van der Waals surface area contributed by atoms with Gasteiger partial charge in [-0.05, 0) is 56.1 Å². The number of fused-ring (bicyclic) bond motifs is 2. The van der Waals surface area contributed by atoms with Gasteiger partial charge in [0.05, 0.1) is 12.2 Å². The average molecular weight is 300 g/mol. The molecule has 118 valence electrons. The molecule has 1 saturated heterocycles. The Kier molecular flexibility index (Phi) is 3.26. The molecule has 2 heterocycles. The molecule has 22 heavy (non-hydrogen) atoms. The minimum absolute atomic E-state index is 0.116. The van der Waals surface area contributed by atoms with Crippen LogP contribution >= 0.6 is 0 Å². The molecule has 0 radical (unpaired) electrons. The zero-order chi connectivity index (χ0) is 15.2. The van der Waals surface area contributed by atoms with Crippen LogP contribution in [-0.2, 0) is 16.0 Å². The number of amides is 1. The molecule has 4 rings (SSSR count). The number of aromatic nitrogens is 1. The molecule has 0 unspecified atom stereocenters. The number of ether oxygens (including phenoxy) is 1. The summed E-state index contributed by atoms with van der Waals surface area (Å²) in [5, 5.41) is 3.18. The van der Waals surface area contributed by atoms with E-state index >= 15 is 0 Å². The van der Waals surface area contributed by atoms with E-state index in [2.05, 4.69) is 16.4 Å². The van der Waals surface area contributed by atoms with Crippen LogP contribution in [-0.4, -0.2) is 29.6 Å². The van der Waals surface area contributed by atoms with Gasteiger partial charge in [-0.2, -0.15) is 0 Å². The van der Waals surface area contributed by atoms with Gasteiger partial charge in [-0.25, -0.2) is 0 Å². The highest BCUT2D eigenvalue weighted by Gasteiger charge is 2.73. The Morgan fingerprint density at radius 1 is 1.45 bits per heavy atom. The molecule has 3 aliphatic rings. The molecular weight excluding hydrogens is 276 g/mol. The quantitative estimate of drug-likeness (QED) is 0.908. The van der Waals surface area contributed by atoms with Crippen molar-refractivity contribution in [1.82, 2.24) is 10.3 Å². The van der Waals surface area contributed by atoms with Crippen LogP contribution in [0.4, 0.5) is 0 Å². The molecule has 2 saturated carbocycles. The first-order valence-electron chi connectivity index (χ1n) is 8.45. The Labute approximate surface area is 131 Å². The number of nitrogens with one attached hydrogen (secondary N) is 1. The van der Waals surface area contributed by atoms with Crippen LogP contribution in [0.15, 0.2) is 18.5 Å². The van der Waals surface area contributed by atoms with Gasteiger partial charge in [0, 0.05) is 30.8 Å². The monoisotopic (exact) mass is 300 g/mol. The van der Waals surface area contributed by atoms with Gasteiger partial charge >= 0.3 is 0 Å². The molecule has 1 N–H and O–H groups in total. The Balaban J connectivity index is 1.29. The molecule has 1 aromatic rings.